The molecule has 0 fully saturated rings. The van der Waals surface area contributed by atoms with Crippen molar-refractivity contribution in [2.24, 2.45) is 0 Å². The number of methoxy groups -OCH3 is 1. The Hall–Kier alpha value is -2.49. The number of amides is 1. The molecule has 1 amide bonds. The minimum atomic E-state index is -0.529. The lowest BCUT2D eigenvalue weighted by Gasteiger charge is -2.19. The highest BCUT2D eigenvalue weighted by atomic mass is 16.5. The number of anilines is 1. The van der Waals surface area contributed by atoms with Crippen LogP contribution >= 0.6 is 0 Å². The van der Waals surface area contributed by atoms with Gasteiger partial charge < -0.3 is 14.8 Å². The molecule has 0 heterocycles. The van der Waals surface area contributed by atoms with Gasteiger partial charge in [0.15, 0.2) is 6.10 Å². The molecule has 0 aliphatic carbocycles. The summed E-state index contributed by atoms with van der Waals surface area (Å²) in [5.41, 5.74) is 2.92. The molecule has 0 aliphatic rings. The largest absolute Gasteiger partial charge is 0.497 e. The van der Waals surface area contributed by atoms with E-state index in [0.717, 1.165) is 22.7 Å². The van der Waals surface area contributed by atoms with E-state index in [2.05, 4.69) is 5.32 Å². The zero-order valence-corrected chi connectivity index (χ0v) is 14.1. The van der Waals surface area contributed by atoms with E-state index in [4.69, 9.17) is 9.47 Å². The fourth-order valence-electron chi connectivity index (χ4n) is 2.30. The van der Waals surface area contributed by atoms with Gasteiger partial charge in [-0.15, -0.1) is 0 Å². The van der Waals surface area contributed by atoms with Gasteiger partial charge in [-0.1, -0.05) is 24.6 Å². The molecule has 0 bridgehead atoms. The molecule has 2 rings (SSSR count). The van der Waals surface area contributed by atoms with Crippen LogP contribution in [0.3, 0.4) is 0 Å². The Labute approximate surface area is 137 Å². The molecule has 2 aromatic rings. The number of aryl methyl sites for hydroxylation is 2. The van der Waals surface area contributed by atoms with Gasteiger partial charge in [-0.2, -0.15) is 0 Å². The van der Waals surface area contributed by atoms with Crippen LogP contribution in [-0.2, 0) is 4.79 Å². The normalized spacial score (nSPS) is 11.7. The van der Waals surface area contributed by atoms with Gasteiger partial charge in [-0.05, 0) is 56.2 Å². The molecular formula is C19H23NO3. The third-order valence-electron chi connectivity index (χ3n) is 3.62. The van der Waals surface area contributed by atoms with Crippen molar-refractivity contribution < 1.29 is 14.3 Å². The molecule has 4 nitrogen and oxygen atoms in total. The molecule has 23 heavy (non-hydrogen) atoms. The maximum Gasteiger partial charge on any atom is 0.265 e. The number of hydrogen-bond acceptors (Lipinski definition) is 3. The number of hydrogen-bond donors (Lipinski definition) is 1. The number of rotatable bonds is 6. The lowest BCUT2D eigenvalue weighted by atomic mass is 10.1. The molecule has 122 valence electrons. The highest BCUT2D eigenvalue weighted by Gasteiger charge is 2.19. The molecule has 0 saturated carbocycles. The maximum atomic E-state index is 12.4. The van der Waals surface area contributed by atoms with Gasteiger partial charge >= 0.3 is 0 Å². The smallest absolute Gasteiger partial charge is 0.265 e. The Bertz CT molecular complexity index is 665. The van der Waals surface area contributed by atoms with Gasteiger partial charge in [0, 0.05) is 5.69 Å². The number of carbonyl (C=O) groups is 1. The van der Waals surface area contributed by atoms with Crippen molar-refractivity contribution in [3.05, 3.63) is 53.6 Å². The van der Waals surface area contributed by atoms with Gasteiger partial charge in [0.1, 0.15) is 11.5 Å². The van der Waals surface area contributed by atoms with Crippen molar-refractivity contribution in [2.75, 3.05) is 12.4 Å². The maximum absolute atomic E-state index is 12.4. The summed E-state index contributed by atoms with van der Waals surface area (Å²) >= 11 is 0. The third-order valence-corrected chi connectivity index (χ3v) is 3.62. The zero-order valence-electron chi connectivity index (χ0n) is 14.1. The van der Waals surface area contributed by atoms with E-state index in [0.29, 0.717) is 6.42 Å². The van der Waals surface area contributed by atoms with E-state index < -0.39 is 6.10 Å². The molecule has 0 radical (unpaired) electrons. The SMILES string of the molecule is CC[C@H](Oc1ccc(C)cc1C)C(=O)Nc1ccc(OC)cc1. The minimum absolute atomic E-state index is 0.155. The van der Waals surface area contributed by atoms with E-state index in [-0.39, 0.29) is 5.91 Å². The second kappa shape index (κ2) is 7.68. The number of nitrogens with one attached hydrogen (secondary N) is 1. The first-order valence-electron chi connectivity index (χ1n) is 7.72. The fourth-order valence-corrected chi connectivity index (χ4v) is 2.30. The minimum Gasteiger partial charge on any atom is -0.497 e. The van der Waals surface area contributed by atoms with Crippen LogP contribution in [0.1, 0.15) is 24.5 Å². The van der Waals surface area contributed by atoms with Gasteiger partial charge in [-0.3, -0.25) is 4.79 Å². The van der Waals surface area contributed by atoms with Gasteiger partial charge in [-0.25, -0.2) is 0 Å². The van der Waals surface area contributed by atoms with Crippen LogP contribution in [0.25, 0.3) is 0 Å². The molecule has 1 N–H and O–H groups in total. The summed E-state index contributed by atoms with van der Waals surface area (Å²) in [6.45, 7) is 5.95. The zero-order chi connectivity index (χ0) is 16.8. The van der Waals surface area contributed by atoms with Crippen LogP contribution in [0.15, 0.2) is 42.5 Å². The van der Waals surface area contributed by atoms with Crippen LogP contribution < -0.4 is 14.8 Å². The van der Waals surface area contributed by atoms with E-state index >= 15 is 0 Å². The Kier molecular flexibility index (Phi) is 5.63. The first-order valence-corrected chi connectivity index (χ1v) is 7.72. The highest BCUT2D eigenvalue weighted by Crippen LogP contribution is 2.22. The van der Waals surface area contributed by atoms with Crippen LogP contribution in [-0.4, -0.2) is 19.1 Å². The first kappa shape index (κ1) is 16.9. The second-order valence-electron chi connectivity index (χ2n) is 5.50. The molecule has 0 saturated heterocycles. The average Bonchev–Trinajstić information content (AvgIpc) is 2.54. The molecule has 0 spiro atoms. The molecule has 2 aromatic carbocycles. The van der Waals surface area contributed by atoms with Gasteiger partial charge in [0.25, 0.3) is 5.91 Å². The summed E-state index contributed by atoms with van der Waals surface area (Å²) in [5, 5.41) is 2.88. The number of carbonyl (C=O) groups excluding carboxylic acids is 1. The highest BCUT2D eigenvalue weighted by molar-refractivity contribution is 5.94. The monoisotopic (exact) mass is 313 g/mol. The Morgan fingerprint density at radius 2 is 1.83 bits per heavy atom. The molecule has 1 atom stereocenters. The lowest BCUT2D eigenvalue weighted by molar-refractivity contribution is -0.122. The molecule has 0 unspecified atom stereocenters. The Morgan fingerprint density at radius 3 is 2.39 bits per heavy atom. The van der Waals surface area contributed by atoms with Crippen LogP contribution in [0, 0.1) is 13.8 Å². The summed E-state index contributed by atoms with van der Waals surface area (Å²) in [6.07, 6.45) is 0.0634. The summed E-state index contributed by atoms with van der Waals surface area (Å²) in [6, 6.07) is 13.2. The second-order valence-corrected chi connectivity index (χ2v) is 5.50. The Balaban J connectivity index is 2.05. The number of ether oxygens (including phenoxy) is 2. The van der Waals surface area contributed by atoms with E-state index in [1.807, 2.05) is 51.1 Å². The lowest BCUT2D eigenvalue weighted by Crippen LogP contribution is -2.32. The quantitative estimate of drug-likeness (QED) is 0.873. The predicted octanol–water partition coefficient (Wildman–Crippen LogP) is 4.11. The van der Waals surface area contributed by atoms with Crippen molar-refractivity contribution >= 4 is 11.6 Å². The van der Waals surface area contributed by atoms with Gasteiger partial charge in [0.2, 0.25) is 0 Å². The van der Waals surface area contributed by atoms with Crippen molar-refractivity contribution in [1.29, 1.82) is 0 Å². The summed E-state index contributed by atoms with van der Waals surface area (Å²) < 4.78 is 11.0. The van der Waals surface area contributed by atoms with Crippen molar-refractivity contribution in [3.63, 3.8) is 0 Å². The van der Waals surface area contributed by atoms with Crippen LogP contribution in [0.4, 0.5) is 5.69 Å². The predicted molar refractivity (Wildman–Crippen MR) is 92.2 cm³/mol. The standard InChI is InChI=1S/C19H23NO3/c1-5-17(23-18-11-6-13(2)12-14(18)3)19(21)20-15-7-9-16(22-4)10-8-15/h6-12,17H,5H2,1-4H3,(H,20,21)/t17-/m0/s1. The molecule has 0 aliphatic heterocycles. The molecular weight excluding hydrogens is 290 g/mol. The summed E-state index contributed by atoms with van der Waals surface area (Å²) in [4.78, 5) is 12.4. The van der Waals surface area contributed by atoms with Crippen LogP contribution in [0.5, 0.6) is 11.5 Å². The fraction of sp³-hybridized carbons (Fsp3) is 0.316. The Morgan fingerprint density at radius 1 is 1.13 bits per heavy atom. The van der Waals surface area contributed by atoms with Gasteiger partial charge in [0.05, 0.1) is 7.11 Å². The average molecular weight is 313 g/mol. The topological polar surface area (TPSA) is 47.6 Å². The van der Waals surface area contributed by atoms with E-state index in [1.54, 1.807) is 19.2 Å². The van der Waals surface area contributed by atoms with E-state index in [1.165, 1.54) is 5.56 Å². The first-order chi connectivity index (χ1) is 11.0. The third kappa shape index (κ3) is 4.49. The molecule has 4 heteroatoms. The van der Waals surface area contributed by atoms with Crippen molar-refractivity contribution in [1.82, 2.24) is 0 Å². The molecule has 0 aromatic heterocycles. The van der Waals surface area contributed by atoms with Crippen molar-refractivity contribution in [2.45, 2.75) is 33.3 Å². The van der Waals surface area contributed by atoms with Crippen LogP contribution in [0.2, 0.25) is 0 Å². The summed E-state index contributed by atoms with van der Waals surface area (Å²) in [5.74, 6) is 1.34. The van der Waals surface area contributed by atoms with E-state index in [9.17, 15) is 4.79 Å². The van der Waals surface area contributed by atoms with Crippen molar-refractivity contribution in [3.8, 4) is 11.5 Å². The number of benzene rings is 2. The summed E-state index contributed by atoms with van der Waals surface area (Å²) in [7, 11) is 1.61.